The Balaban J connectivity index is 2.13. The lowest BCUT2D eigenvalue weighted by Gasteiger charge is -2.32. The van der Waals surface area contributed by atoms with Gasteiger partial charge < -0.3 is 0 Å². The van der Waals surface area contributed by atoms with Gasteiger partial charge in [-0.3, -0.25) is 4.79 Å². The van der Waals surface area contributed by atoms with Gasteiger partial charge in [0.05, 0.1) is 0 Å². The van der Waals surface area contributed by atoms with Crippen LogP contribution in [0.5, 0.6) is 0 Å². The number of benzene rings is 1. The molecule has 0 aromatic heterocycles. The zero-order chi connectivity index (χ0) is 13.2. The molecule has 1 aliphatic carbocycles. The summed E-state index contributed by atoms with van der Waals surface area (Å²) in [4.78, 5) is 12.3. The summed E-state index contributed by atoms with van der Waals surface area (Å²) in [6, 6.07) is 3.28. The van der Waals surface area contributed by atoms with E-state index >= 15 is 0 Å². The van der Waals surface area contributed by atoms with Gasteiger partial charge in [0.25, 0.3) is 0 Å². The molecule has 0 N–H and O–H groups in total. The number of hydrogen-bond acceptors (Lipinski definition) is 1. The van der Waals surface area contributed by atoms with E-state index in [2.05, 4.69) is 0 Å². The lowest BCUT2D eigenvalue weighted by molar-refractivity contribution is -0.128. The second kappa shape index (κ2) is 5.17. The Morgan fingerprint density at radius 2 is 1.89 bits per heavy atom. The van der Waals surface area contributed by atoms with E-state index in [-0.39, 0.29) is 23.2 Å². The first-order valence-electron chi connectivity index (χ1n) is 6.48. The number of rotatable bonds is 3. The third-order valence-electron chi connectivity index (χ3n) is 3.99. The Morgan fingerprint density at radius 3 is 2.56 bits per heavy atom. The molecule has 1 fully saturated rings. The molecule has 0 heterocycles. The predicted molar refractivity (Wildman–Crippen MR) is 66.3 cm³/mol. The minimum Gasteiger partial charge on any atom is -0.299 e. The van der Waals surface area contributed by atoms with Gasteiger partial charge in [-0.05, 0) is 36.6 Å². The second-order valence-electron chi connectivity index (χ2n) is 5.46. The second-order valence-corrected chi connectivity index (χ2v) is 5.46. The average molecular weight is 252 g/mol. The molecule has 98 valence electrons. The molecule has 0 amide bonds. The van der Waals surface area contributed by atoms with E-state index in [0.717, 1.165) is 50.3 Å². The minimum absolute atomic E-state index is 0.0000926. The Kier molecular flexibility index (Phi) is 3.79. The maximum atomic E-state index is 13.5. The molecule has 0 radical (unpaired) electrons. The Bertz CT molecular complexity index is 448. The van der Waals surface area contributed by atoms with Gasteiger partial charge in [0.2, 0.25) is 0 Å². The number of halogens is 2. The molecule has 1 aromatic carbocycles. The molecule has 1 saturated carbocycles. The molecule has 0 aliphatic heterocycles. The summed E-state index contributed by atoms with van der Waals surface area (Å²) >= 11 is 0. The van der Waals surface area contributed by atoms with Gasteiger partial charge in [0, 0.05) is 11.8 Å². The van der Waals surface area contributed by atoms with Crippen molar-refractivity contribution in [3.05, 3.63) is 35.4 Å². The number of ketones is 1. The zero-order valence-electron chi connectivity index (χ0n) is 10.6. The van der Waals surface area contributed by atoms with Crippen LogP contribution in [0, 0.1) is 17.0 Å². The van der Waals surface area contributed by atoms with Crippen LogP contribution in [-0.2, 0) is 11.2 Å². The summed E-state index contributed by atoms with van der Waals surface area (Å²) in [7, 11) is 0. The fourth-order valence-corrected chi connectivity index (χ4v) is 2.68. The van der Waals surface area contributed by atoms with E-state index in [1.165, 1.54) is 0 Å². The molecule has 1 aliphatic rings. The van der Waals surface area contributed by atoms with Crippen LogP contribution in [-0.4, -0.2) is 5.78 Å². The van der Waals surface area contributed by atoms with Gasteiger partial charge in [-0.25, -0.2) is 8.78 Å². The van der Waals surface area contributed by atoms with Crippen LogP contribution in [0.15, 0.2) is 18.2 Å². The van der Waals surface area contributed by atoms with E-state index in [0.29, 0.717) is 0 Å². The summed E-state index contributed by atoms with van der Waals surface area (Å²) in [6.45, 7) is 1.95. The van der Waals surface area contributed by atoms with Crippen LogP contribution in [0.3, 0.4) is 0 Å². The van der Waals surface area contributed by atoms with Crippen LogP contribution in [0.4, 0.5) is 8.78 Å². The van der Waals surface area contributed by atoms with Gasteiger partial charge in [0.15, 0.2) is 0 Å². The summed E-state index contributed by atoms with van der Waals surface area (Å²) in [6.07, 6.45) is 4.99. The standard InChI is InChI=1S/C15H18F2O/c1-15(7-3-2-4-8-15)14(18)10-11-9-12(16)5-6-13(11)17/h5-6,9H,2-4,7-8,10H2,1H3. The van der Waals surface area contributed by atoms with Crippen LogP contribution in [0.1, 0.15) is 44.6 Å². The molecular weight excluding hydrogens is 234 g/mol. The Labute approximate surface area is 106 Å². The van der Waals surface area contributed by atoms with E-state index in [1.807, 2.05) is 6.92 Å². The molecule has 0 unspecified atom stereocenters. The first kappa shape index (κ1) is 13.2. The van der Waals surface area contributed by atoms with Crippen LogP contribution < -0.4 is 0 Å². The van der Waals surface area contributed by atoms with Gasteiger partial charge in [-0.1, -0.05) is 26.2 Å². The summed E-state index contributed by atoms with van der Waals surface area (Å²) in [5, 5.41) is 0. The molecule has 18 heavy (non-hydrogen) atoms. The molecule has 3 heteroatoms. The topological polar surface area (TPSA) is 17.1 Å². The molecular formula is C15H18F2O. The normalized spacial score (nSPS) is 18.6. The third-order valence-corrected chi connectivity index (χ3v) is 3.99. The molecule has 1 aromatic rings. The van der Waals surface area contributed by atoms with Gasteiger partial charge in [0.1, 0.15) is 17.4 Å². The number of carbonyl (C=O) groups is 1. The van der Waals surface area contributed by atoms with E-state index in [9.17, 15) is 13.6 Å². The van der Waals surface area contributed by atoms with Crippen molar-refractivity contribution in [1.29, 1.82) is 0 Å². The number of carbonyl (C=O) groups excluding carboxylic acids is 1. The predicted octanol–water partition coefficient (Wildman–Crippen LogP) is 4.05. The van der Waals surface area contributed by atoms with Crippen LogP contribution >= 0.6 is 0 Å². The molecule has 2 rings (SSSR count). The average Bonchev–Trinajstić information content (AvgIpc) is 2.35. The van der Waals surface area contributed by atoms with E-state index in [1.54, 1.807) is 0 Å². The highest BCUT2D eigenvalue weighted by Gasteiger charge is 2.34. The van der Waals surface area contributed by atoms with Crippen molar-refractivity contribution in [3.8, 4) is 0 Å². The summed E-state index contributed by atoms with van der Waals surface area (Å²) in [5.74, 6) is -0.955. The number of Topliss-reactive ketones (excluding diaryl/α,β-unsaturated/α-hetero) is 1. The quantitative estimate of drug-likeness (QED) is 0.793. The first-order chi connectivity index (χ1) is 8.51. The fraction of sp³-hybridized carbons (Fsp3) is 0.533. The van der Waals surface area contributed by atoms with Crippen molar-refractivity contribution in [2.75, 3.05) is 0 Å². The van der Waals surface area contributed by atoms with Gasteiger partial charge in [-0.2, -0.15) is 0 Å². The SMILES string of the molecule is CC1(C(=O)Cc2cc(F)ccc2F)CCCCC1. The maximum absolute atomic E-state index is 13.5. The smallest absolute Gasteiger partial charge is 0.143 e. The lowest BCUT2D eigenvalue weighted by atomic mass is 9.71. The summed E-state index contributed by atoms with van der Waals surface area (Å²) < 4.78 is 26.6. The fourth-order valence-electron chi connectivity index (χ4n) is 2.68. The maximum Gasteiger partial charge on any atom is 0.143 e. The van der Waals surface area contributed by atoms with Crippen LogP contribution in [0.25, 0.3) is 0 Å². The zero-order valence-corrected chi connectivity index (χ0v) is 10.6. The molecule has 1 nitrogen and oxygen atoms in total. The monoisotopic (exact) mass is 252 g/mol. The highest BCUT2D eigenvalue weighted by Crippen LogP contribution is 2.37. The highest BCUT2D eigenvalue weighted by molar-refractivity contribution is 5.86. The first-order valence-corrected chi connectivity index (χ1v) is 6.48. The van der Waals surface area contributed by atoms with E-state index < -0.39 is 11.6 Å². The Morgan fingerprint density at radius 1 is 1.22 bits per heavy atom. The van der Waals surface area contributed by atoms with Gasteiger partial charge in [-0.15, -0.1) is 0 Å². The largest absolute Gasteiger partial charge is 0.299 e. The van der Waals surface area contributed by atoms with Crippen molar-refractivity contribution in [1.82, 2.24) is 0 Å². The molecule has 0 spiro atoms. The van der Waals surface area contributed by atoms with Crippen molar-refractivity contribution in [2.24, 2.45) is 5.41 Å². The molecule has 0 saturated heterocycles. The van der Waals surface area contributed by atoms with Crippen LogP contribution in [0.2, 0.25) is 0 Å². The van der Waals surface area contributed by atoms with Gasteiger partial charge >= 0.3 is 0 Å². The molecule has 0 atom stereocenters. The minimum atomic E-state index is -0.496. The van der Waals surface area contributed by atoms with E-state index in [4.69, 9.17) is 0 Å². The van der Waals surface area contributed by atoms with Crippen molar-refractivity contribution in [2.45, 2.75) is 45.4 Å². The number of hydrogen-bond donors (Lipinski definition) is 0. The van der Waals surface area contributed by atoms with Crippen molar-refractivity contribution in [3.63, 3.8) is 0 Å². The molecule has 0 bridgehead atoms. The Hall–Kier alpha value is -1.25. The lowest BCUT2D eigenvalue weighted by Crippen LogP contribution is -2.31. The third kappa shape index (κ3) is 2.77. The van der Waals surface area contributed by atoms with Crippen molar-refractivity contribution >= 4 is 5.78 Å². The van der Waals surface area contributed by atoms with Crippen molar-refractivity contribution < 1.29 is 13.6 Å². The highest BCUT2D eigenvalue weighted by atomic mass is 19.1. The summed E-state index contributed by atoms with van der Waals surface area (Å²) in [5.41, 5.74) is -0.177.